The van der Waals surface area contributed by atoms with Crippen LogP contribution in [0.4, 0.5) is 0 Å². The lowest BCUT2D eigenvalue weighted by Gasteiger charge is -2.48. The van der Waals surface area contributed by atoms with Gasteiger partial charge in [0, 0.05) is 19.0 Å². The third-order valence-electron chi connectivity index (χ3n) is 7.83. The van der Waals surface area contributed by atoms with Crippen LogP contribution < -0.4 is 22.9 Å². The number of rotatable bonds is 11. The van der Waals surface area contributed by atoms with Gasteiger partial charge < -0.3 is 82.7 Å². The molecule has 6 unspecified atom stereocenters. The molecule has 1 aliphatic carbocycles. The Bertz CT molecular complexity index is 813. The average molecular weight is 585 g/mol. The highest BCUT2D eigenvalue weighted by Gasteiger charge is 2.52. The summed E-state index contributed by atoms with van der Waals surface area (Å²) in [6.45, 7) is -0.833. The van der Waals surface area contributed by atoms with E-state index < -0.39 is 110 Å². The van der Waals surface area contributed by atoms with Crippen LogP contribution in [0.2, 0.25) is 0 Å². The maximum absolute atomic E-state index is 12.7. The van der Waals surface area contributed by atoms with Gasteiger partial charge in [0.2, 0.25) is 0 Å². The van der Waals surface area contributed by atoms with Gasteiger partial charge in [-0.2, -0.15) is 0 Å². The zero-order valence-corrected chi connectivity index (χ0v) is 21.9. The van der Waals surface area contributed by atoms with Crippen molar-refractivity contribution in [3.8, 4) is 0 Å². The van der Waals surface area contributed by atoms with Crippen LogP contribution in [-0.4, -0.2) is 158 Å². The molecule has 0 bridgehead atoms. The molecule has 1 saturated carbocycles. The molecular weight excluding hydrogens is 540 g/mol. The summed E-state index contributed by atoms with van der Waals surface area (Å²) in [6.07, 6.45) is -19.5. The molecule has 40 heavy (non-hydrogen) atoms. The van der Waals surface area contributed by atoms with Gasteiger partial charge in [-0.15, -0.1) is 0 Å². The predicted molar refractivity (Wildman–Crippen MR) is 133 cm³/mol. The minimum atomic E-state index is -1.74. The van der Waals surface area contributed by atoms with Crippen LogP contribution in [0.5, 0.6) is 0 Å². The van der Waals surface area contributed by atoms with Crippen molar-refractivity contribution in [2.45, 2.75) is 111 Å². The second-order valence-corrected chi connectivity index (χ2v) is 10.6. The predicted octanol–water partition coefficient (Wildman–Crippen LogP) is -7.33. The number of ketones is 1. The summed E-state index contributed by atoms with van der Waals surface area (Å²) in [6, 6.07) is -2.27. The van der Waals surface area contributed by atoms with Crippen LogP contribution in [-0.2, 0) is 23.7 Å². The first-order valence-electron chi connectivity index (χ1n) is 13.3. The molecule has 0 aromatic rings. The van der Waals surface area contributed by atoms with Gasteiger partial charge in [-0.3, -0.25) is 4.79 Å². The van der Waals surface area contributed by atoms with Crippen LogP contribution in [0.25, 0.3) is 0 Å². The Morgan fingerprint density at radius 1 is 0.825 bits per heavy atom. The quantitative estimate of drug-likeness (QED) is 0.107. The van der Waals surface area contributed by atoms with E-state index in [1.165, 1.54) is 0 Å². The molecule has 2 heterocycles. The molecule has 17 heteroatoms. The number of hydrogen-bond donors (Lipinski definition) is 12. The van der Waals surface area contributed by atoms with E-state index >= 15 is 0 Å². The van der Waals surface area contributed by atoms with Gasteiger partial charge in [-0.05, 0) is 25.3 Å². The fourth-order valence-electron chi connectivity index (χ4n) is 5.38. The van der Waals surface area contributed by atoms with E-state index in [-0.39, 0.29) is 32.4 Å². The number of carbonyl (C=O) groups excluding carboxylic acids is 1. The Morgan fingerprint density at radius 3 is 2.02 bits per heavy atom. The van der Waals surface area contributed by atoms with Gasteiger partial charge in [0.15, 0.2) is 18.4 Å². The molecular formula is C23H44N4O13. The van der Waals surface area contributed by atoms with Crippen LogP contribution in [0.15, 0.2) is 0 Å². The third-order valence-corrected chi connectivity index (χ3v) is 7.83. The molecule has 3 aliphatic rings. The van der Waals surface area contributed by atoms with Gasteiger partial charge in [-0.1, -0.05) is 0 Å². The average Bonchev–Trinajstić information content (AvgIpc) is 2.92. The molecule has 3 fully saturated rings. The van der Waals surface area contributed by atoms with Crippen LogP contribution >= 0.6 is 0 Å². The molecule has 16 atom stereocenters. The number of ether oxygens (including phenoxy) is 4. The molecule has 0 aromatic heterocycles. The van der Waals surface area contributed by atoms with Crippen molar-refractivity contribution in [3.63, 3.8) is 0 Å². The van der Waals surface area contributed by atoms with E-state index in [2.05, 4.69) is 0 Å². The fourth-order valence-corrected chi connectivity index (χ4v) is 5.38. The number of aliphatic hydroxyl groups is 8. The van der Waals surface area contributed by atoms with Crippen molar-refractivity contribution in [3.05, 3.63) is 0 Å². The molecule has 17 nitrogen and oxygen atoms in total. The summed E-state index contributed by atoms with van der Waals surface area (Å²) in [5.74, 6) is -1.44. The lowest BCUT2D eigenvalue weighted by Crippen LogP contribution is -2.66. The summed E-state index contributed by atoms with van der Waals surface area (Å²) in [4.78, 5) is 12.7. The Hall–Kier alpha value is -0.970. The van der Waals surface area contributed by atoms with Crippen molar-refractivity contribution in [2.24, 2.45) is 28.9 Å². The number of hydrogen-bond acceptors (Lipinski definition) is 17. The zero-order chi connectivity index (χ0) is 29.9. The minimum Gasteiger partial charge on any atom is -0.394 e. The summed E-state index contributed by atoms with van der Waals surface area (Å²) < 4.78 is 22.6. The van der Waals surface area contributed by atoms with Crippen molar-refractivity contribution >= 4 is 5.78 Å². The summed E-state index contributed by atoms with van der Waals surface area (Å²) >= 11 is 0. The summed E-state index contributed by atoms with van der Waals surface area (Å²) in [5, 5.41) is 82.5. The molecule has 234 valence electrons. The van der Waals surface area contributed by atoms with Gasteiger partial charge in [0.25, 0.3) is 0 Å². The number of nitrogens with two attached hydrogens (primary N) is 4. The summed E-state index contributed by atoms with van der Waals surface area (Å²) in [5.41, 5.74) is 23.2. The van der Waals surface area contributed by atoms with Gasteiger partial charge in [0.05, 0.1) is 18.8 Å². The van der Waals surface area contributed by atoms with Crippen molar-refractivity contribution in [1.29, 1.82) is 0 Å². The number of Topliss-reactive ketones (excluding diaryl/α,β-unsaturated/α-hetero) is 1. The van der Waals surface area contributed by atoms with Crippen molar-refractivity contribution < 1.29 is 64.6 Å². The maximum Gasteiger partial charge on any atom is 0.187 e. The second-order valence-electron chi connectivity index (χ2n) is 10.6. The molecule has 2 aliphatic heterocycles. The summed E-state index contributed by atoms with van der Waals surface area (Å²) in [7, 11) is 0. The van der Waals surface area contributed by atoms with E-state index in [9.17, 15) is 45.6 Å². The molecule has 0 amide bonds. The van der Waals surface area contributed by atoms with Gasteiger partial charge in [-0.25, -0.2) is 0 Å². The van der Waals surface area contributed by atoms with E-state index in [1.807, 2.05) is 0 Å². The molecule has 3 rings (SSSR count). The minimum absolute atomic E-state index is 0.000186. The monoisotopic (exact) mass is 584 g/mol. The van der Waals surface area contributed by atoms with Gasteiger partial charge in [0.1, 0.15) is 61.0 Å². The highest BCUT2D eigenvalue weighted by atomic mass is 16.7. The molecule has 0 radical (unpaired) electrons. The van der Waals surface area contributed by atoms with Crippen LogP contribution in [0.1, 0.15) is 19.3 Å². The van der Waals surface area contributed by atoms with E-state index in [0.29, 0.717) is 0 Å². The van der Waals surface area contributed by atoms with Crippen molar-refractivity contribution in [2.75, 3.05) is 19.7 Å². The van der Waals surface area contributed by atoms with Gasteiger partial charge >= 0.3 is 0 Å². The fraction of sp³-hybridized carbons (Fsp3) is 0.957. The van der Waals surface area contributed by atoms with E-state index in [1.54, 1.807) is 0 Å². The first-order chi connectivity index (χ1) is 18.9. The molecule has 0 spiro atoms. The number of carbonyl (C=O) groups is 1. The van der Waals surface area contributed by atoms with E-state index in [0.717, 1.165) is 0 Å². The Morgan fingerprint density at radius 2 is 1.43 bits per heavy atom. The lowest BCUT2D eigenvalue weighted by atomic mass is 9.76. The molecule has 2 saturated heterocycles. The Labute approximate surface area is 230 Å². The first-order valence-corrected chi connectivity index (χ1v) is 13.3. The topological polar surface area (TPSA) is 320 Å². The highest BCUT2D eigenvalue weighted by molar-refractivity contribution is 5.83. The maximum atomic E-state index is 12.7. The zero-order valence-electron chi connectivity index (χ0n) is 21.9. The second kappa shape index (κ2) is 14.5. The Kier molecular flexibility index (Phi) is 12.1. The van der Waals surface area contributed by atoms with E-state index in [4.69, 9.17) is 41.9 Å². The normalized spacial score (nSPS) is 47.1. The highest BCUT2D eigenvalue weighted by Crippen LogP contribution is 2.36. The molecule has 0 aromatic carbocycles. The van der Waals surface area contributed by atoms with Crippen molar-refractivity contribution in [1.82, 2.24) is 0 Å². The smallest absolute Gasteiger partial charge is 0.187 e. The third kappa shape index (κ3) is 7.14. The van der Waals surface area contributed by atoms with Crippen LogP contribution in [0.3, 0.4) is 0 Å². The largest absolute Gasteiger partial charge is 0.394 e. The first kappa shape index (κ1) is 33.5. The number of aliphatic hydroxyl groups excluding tert-OH is 8. The molecule has 16 N–H and O–H groups in total. The Balaban J connectivity index is 1.85. The SMILES string of the molecule is NCC[C@H](O)C(=O)C[C@@H]1CC(N)[C@@H](O[C@H]2OC(CN)[C@@H](O)[C@H](O)C2O)[C@H](O)C1OC1O[C@H](CO)[C@@H](O)C(N)[C@H]1O. The standard InChI is InChI=1S/C23H44N4O13/c24-2-1-9(29)10(30)4-7-3-8(26)21(40-23-18(35)17(34)15(32)11(5-25)37-23)19(36)20(7)39-22-16(33)13(27)14(31)12(6-28)38-22/h7-9,11-23,28-29,31-36H,1-6,24-27H2/t7-,8?,9-,11?,12+,13?,14+,15+,16+,17-,18?,19+,20?,21+,22?,23+/m0/s1. The van der Waals surface area contributed by atoms with Crippen LogP contribution in [0, 0.1) is 5.92 Å². The lowest BCUT2D eigenvalue weighted by molar-refractivity contribution is -0.335.